The minimum Gasteiger partial charge on any atom is -0.428 e. The van der Waals surface area contributed by atoms with E-state index < -0.39 is 0 Å². The van der Waals surface area contributed by atoms with Gasteiger partial charge in [0.15, 0.2) is 0 Å². The molecule has 0 aliphatic heterocycles. The zero-order valence-corrected chi connectivity index (χ0v) is 14.0. The van der Waals surface area contributed by atoms with E-state index in [2.05, 4.69) is 21.3 Å². The van der Waals surface area contributed by atoms with Crippen molar-refractivity contribution in [3.8, 4) is 10.9 Å². The molecular weight excluding hydrogens is 308 g/mol. The summed E-state index contributed by atoms with van der Waals surface area (Å²) in [6.45, 7) is 6.74. The minimum absolute atomic E-state index is 0.482. The Morgan fingerprint density at radius 2 is 2.19 bits per heavy atom. The quantitative estimate of drug-likeness (QED) is 0.610. The molecule has 0 spiro atoms. The normalized spacial score (nSPS) is 11.1. The molecule has 2 aromatic rings. The molecule has 0 aliphatic carbocycles. The van der Waals surface area contributed by atoms with Gasteiger partial charge in [-0.3, -0.25) is 0 Å². The fourth-order valence-corrected chi connectivity index (χ4v) is 2.27. The van der Waals surface area contributed by atoms with E-state index >= 15 is 0 Å². The van der Waals surface area contributed by atoms with E-state index in [1.807, 2.05) is 31.9 Å². The molecule has 0 unspecified atom stereocenters. The highest BCUT2D eigenvalue weighted by Gasteiger charge is 2.10. The SMILES string of the molecule is CCN(C)C=Nc1cc(Cl)c(Oc2nc(C)ns2)cc1C. The molecule has 0 aliphatic rings. The van der Waals surface area contributed by atoms with Gasteiger partial charge in [0.1, 0.15) is 11.6 Å². The van der Waals surface area contributed by atoms with Crippen molar-refractivity contribution >= 4 is 35.2 Å². The third-order valence-corrected chi connectivity index (χ3v) is 3.83. The maximum atomic E-state index is 6.25. The lowest BCUT2D eigenvalue weighted by Gasteiger charge is -2.10. The van der Waals surface area contributed by atoms with Crippen LogP contribution < -0.4 is 4.74 Å². The molecule has 0 saturated heterocycles. The number of ether oxygens (including phenoxy) is 1. The molecule has 0 N–H and O–H groups in total. The van der Waals surface area contributed by atoms with Crippen molar-refractivity contribution < 1.29 is 4.74 Å². The second-order valence-electron chi connectivity index (χ2n) is 4.60. The number of hydrogen-bond acceptors (Lipinski definition) is 5. The van der Waals surface area contributed by atoms with Gasteiger partial charge in [0.2, 0.25) is 0 Å². The summed E-state index contributed by atoms with van der Waals surface area (Å²) < 4.78 is 9.74. The Bertz CT molecular complexity index is 656. The highest BCUT2D eigenvalue weighted by molar-refractivity contribution is 7.07. The number of benzene rings is 1. The molecule has 7 heteroatoms. The molecule has 1 heterocycles. The summed E-state index contributed by atoms with van der Waals surface area (Å²) in [5.74, 6) is 1.25. The zero-order valence-electron chi connectivity index (χ0n) is 12.4. The summed E-state index contributed by atoms with van der Waals surface area (Å²) >= 11 is 7.45. The van der Waals surface area contributed by atoms with Gasteiger partial charge in [-0.25, -0.2) is 4.99 Å². The molecule has 5 nitrogen and oxygen atoms in total. The number of aromatic nitrogens is 2. The smallest absolute Gasteiger partial charge is 0.298 e. The van der Waals surface area contributed by atoms with Crippen LogP contribution in [0.1, 0.15) is 18.3 Å². The summed E-state index contributed by atoms with van der Waals surface area (Å²) in [6.07, 6.45) is 1.79. The monoisotopic (exact) mass is 324 g/mol. The Morgan fingerprint density at radius 1 is 1.43 bits per heavy atom. The molecule has 0 atom stereocenters. The average molecular weight is 325 g/mol. The Labute approximate surface area is 133 Å². The van der Waals surface area contributed by atoms with Crippen molar-refractivity contribution in [1.82, 2.24) is 14.3 Å². The van der Waals surface area contributed by atoms with Gasteiger partial charge in [0, 0.05) is 25.1 Å². The number of aryl methyl sites for hydroxylation is 2. The summed E-state index contributed by atoms with van der Waals surface area (Å²) in [7, 11) is 1.97. The van der Waals surface area contributed by atoms with Crippen LogP contribution in [-0.2, 0) is 0 Å². The van der Waals surface area contributed by atoms with Crippen LogP contribution in [0.5, 0.6) is 10.9 Å². The van der Waals surface area contributed by atoms with E-state index in [1.54, 1.807) is 12.4 Å². The number of rotatable bonds is 5. The topological polar surface area (TPSA) is 50.6 Å². The van der Waals surface area contributed by atoms with E-state index in [9.17, 15) is 0 Å². The Kier molecular flexibility index (Phi) is 5.14. The predicted octanol–water partition coefficient (Wildman–Crippen LogP) is 4.21. The number of halogens is 1. The first kappa shape index (κ1) is 15.7. The van der Waals surface area contributed by atoms with Crippen molar-refractivity contribution in [3.63, 3.8) is 0 Å². The van der Waals surface area contributed by atoms with Crippen LogP contribution >= 0.6 is 23.1 Å². The molecule has 0 saturated carbocycles. The first-order valence-electron chi connectivity index (χ1n) is 6.52. The first-order valence-corrected chi connectivity index (χ1v) is 7.67. The molecule has 0 radical (unpaired) electrons. The molecule has 21 heavy (non-hydrogen) atoms. The van der Waals surface area contributed by atoms with Crippen LogP contribution in [-0.4, -0.2) is 34.2 Å². The highest BCUT2D eigenvalue weighted by Crippen LogP contribution is 2.35. The maximum Gasteiger partial charge on any atom is 0.298 e. The fraction of sp³-hybridized carbons (Fsp3) is 0.357. The van der Waals surface area contributed by atoms with Gasteiger partial charge < -0.3 is 9.64 Å². The van der Waals surface area contributed by atoms with E-state index in [4.69, 9.17) is 16.3 Å². The Hall–Kier alpha value is -1.66. The van der Waals surface area contributed by atoms with Crippen LogP contribution in [0.2, 0.25) is 5.02 Å². The largest absolute Gasteiger partial charge is 0.428 e. The lowest BCUT2D eigenvalue weighted by Crippen LogP contribution is -2.14. The first-order chi connectivity index (χ1) is 9.99. The lowest BCUT2D eigenvalue weighted by molar-refractivity contribution is 0.478. The predicted molar refractivity (Wildman–Crippen MR) is 87.4 cm³/mol. The molecule has 0 fully saturated rings. The molecule has 1 aromatic carbocycles. The van der Waals surface area contributed by atoms with Crippen molar-refractivity contribution in [3.05, 3.63) is 28.5 Å². The minimum atomic E-state index is 0.482. The summed E-state index contributed by atoms with van der Waals surface area (Å²) in [4.78, 5) is 10.6. The zero-order chi connectivity index (χ0) is 15.4. The second kappa shape index (κ2) is 6.87. The van der Waals surface area contributed by atoms with E-state index in [1.165, 1.54) is 11.5 Å². The van der Waals surface area contributed by atoms with Gasteiger partial charge in [-0.1, -0.05) is 11.6 Å². The van der Waals surface area contributed by atoms with Gasteiger partial charge in [-0.05, 0) is 38.5 Å². The van der Waals surface area contributed by atoms with Crippen molar-refractivity contribution in [1.29, 1.82) is 0 Å². The van der Waals surface area contributed by atoms with Crippen molar-refractivity contribution in [2.24, 2.45) is 4.99 Å². The van der Waals surface area contributed by atoms with E-state index in [0.717, 1.165) is 17.8 Å². The maximum absolute atomic E-state index is 6.25. The van der Waals surface area contributed by atoms with E-state index in [-0.39, 0.29) is 0 Å². The Morgan fingerprint density at radius 3 is 2.81 bits per heavy atom. The number of nitrogens with zero attached hydrogens (tertiary/aromatic N) is 4. The molecule has 0 bridgehead atoms. The second-order valence-corrected chi connectivity index (χ2v) is 5.72. The average Bonchev–Trinajstić information content (AvgIpc) is 2.86. The third-order valence-electron chi connectivity index (χ3n) is 2.85. The van der Waals surface area contributed by atoms with Gasteiger partial charge in [-0.15, -0.1) is 0 Å². The molecule has 1 aromatic heterocycles. The lowest BCUT2D eigenvalue weighted by atomic mass is 10.2. The van der Waals surface area contributed by atoms with Gasteiger partial charge in [-0.2, -0.15) is 9.36 Å². The van der Waals surface area contributed by atoms with Gasteiger partial charge >= 0.3 is 0 Å². The van der Waals surface area contributed by atoms with Crippen molar-refractivity contribution in [2.45, 2.75) is 20.8 Å². The molecular formula is C14H17ClN4OS. The van der Waals surface area contributed by atoms with Gasteiger partial charge in [0.05, 0.1) is 17.0 Å². The third kappa shape index (κ3) is 4.15. The number of hydrogen-bond donors (Lipinski definition) is 0. The van der Waals surface area contributed by atoms with Crippen LogP contribution in [0.15, 0.2) is 17.1 Å². The van der Waals surface area contributed by atoms with Gasteiger partial charge in [0.25, 0.3) is 5.19 Å². The fourth-order valence-electron chi connectivity index (χ4n) is 1.52. The van der Waals surface area contributed by atoms with Crippen molar-refractivity contribution in [2.75, 3.05) is 13.6 Å². The van der Waals surface area contributed by atoms with Crippen LogP contribution in [0.3, 0.4) is 0 Å². The molecule has 2 rings (SSSR count). The standard InChI is InChI=1S/C14H17ClN4OS/c1-5-19(4)8-16-12-7-11(15)13(6-9(12)2)20-14-17-10(3)18-21-14/h6-8H,5H2,1-4H3. The summed E-state index contributed by atoms with van der Waals surface area (Å²) in [5, 5.41) is 0.982. The molecule has 0 amide bonds. The number of aliphatic imine (C=N–C) groups is 1. The van der Waals surface area contributed by atoms with Crippen LogP contribution in [0.4, 0.5) is 5.69 Å². The van der Waals surface area contributed by atoms with Crippen LogP contribution in [0.25, 0.3) is 0 Å². The Balaban J connectivity index is 2.22. The molecule has 112 valence electrons. The highest BCUT2D eigenvalue weighted by atomic mass is 35.5. The summed E-state index contributed by atoms with van der Waals surface area (Å²) in [5.41, 5.74) is 1.80. The van der Waals surface area contributed by atoms with E-state index in [0.29, 0.717) is 21.8 Å². The van der Waals surface area contributed by atoms with Crippen LogP contribution in [0, 0.1) is 13.8 Å². The summed E-state index contributed by atoms with van der Waals surface area (Å²) in [6, 6.07) is 3.65.